The van der Waals surface area contributed by atoms with Crippen LogP contribution < -0.4 is 10.2 Å². The minimum atomic E-state index is -2.72. The highest BCUT2D eigenvalue weighted by atomic mass is 19.3. The molecule has 0 radical (unpaired) electrons. The Bertz CT molecular complexity index is 1190. The molecule has 2 aliphatic carbocycles. The van der Waals surface area contributed by atoms with Crippen LogP contribution >= 0.6 is 0 Å². The molecule has 2 aromatic rings. The molecule has 0 amide bonds. The first-order valence-electron chi connectivity index (χ1n) is 14.9. The number of fused-ring (bicyclic) bond motifs is 1. The average Bonchev–Trinajstić information content (AvgIpc) is 3.63. The van der Waals surface area contributed by atoms with Crippen molar-refractivity contribution in [3.63, 3.8) is 0 Å². The fourth-order valence-electron chi connectivity index (χ4n) is 6.95. The Labute approximate surface area is 234 Å². The molecule has 2 aliphatic heterocycles. The summed E-state index contributed by atoms with van der Waals surface area (Å²) in [6, 6.07) is 2.32. The monoisotopic (exact) mass is 557 g/mol. The number of hydrogen-bond acceptors (Lipinski definition) is 8. The Kier molecular flexibility index (Phi) is 8.32. The van der Waals surface area contributed by atoms with Gasteiger partial charge in [-0.25, -0.2) is 13.8 Å². The number of aromatic nitrogens is 4. The van der Waals surface area contributed by atoms with Crippen LogP contribution in [0.5, 0.6) is 0 Å². The van der Waals surface area contributed by atoms with Gasteiger partial charge in [-0.3, -0.25) is 4.57 Å². The fourth-order valence-corrected chi connectivity index (χ4v) is 6.95. The lowest BCUT2D eigenvalue weighted by atomic mass is 9.93. The number of aliphatic hydroxyl groups excluding tert-OH is 1. The number of alkyl halides is 2. The number of anilines is 2. The van der Waals surface area contributed by atoms with Crippen LogP contribution in [0.2, 0.25) is 0 Å². The van der Waals surface area contributed by atoms with Crippen LogP contribution in [0, 0.1) is 11.8 Å². The second-order valence-corrected chi connectivity index (χ2v) is 11.7. The van der Waals surface area contributed by atoms with Gasteiger partial charge < -0.3 is 25.0 Å². The molecule has 3 unspecified atom stereocenters. The number of nitrogens with one attached hydrogen (secondary N) is 1. The molecule has 4 aliphatic rings. The zero-order chi connectivity index (χ0) is 27.6. The Morgan fingerprint density at radius 3 is 2.58 bits per heavy atom. The van der Waals surface area contributed by atoms with Crippen molar-refractivity contribution in [1.82, 2.24) is 24.4 Å². The van der Waals surface area contributed by atoms with Gasteiger partial charge in [0.1, 0.15) is 11.6 Å². The summed E-state index contributed by atoms with van der Waals surface area (Å²) < 4.78 is 35.6. The van der Waals surface area contributed by atoms with Crippen molar-refractivity contribution in [2.75, 3.05) is 62.8 Å². The summed E-state index contributed by atoms with van der Waals surface area (Å²) in [5.41, 5.74) is 1.36. The van der Waals surface area contributed by atoms with Crippen molar-refractivity contribution in [1.29, 1.82) is 0 Å². The van der Waals surface area contributed by atoms with Crippen molar-refractivity contribution in [3.05, 3.63) is 29.4 Å². The van der Waals surface area contributed by atoms with Gasteiger partial charge in [0.05, 0.1) is 24.6 Å². The van der Waals surface area contributed by atoms with Gasteiger partial charge in [0.2, 0.25) is 5.95 Å². The van der Waals surface area contributed by atoms with Crippen molar-refractivity contribution >= 4 is 17.8 Å². The molecular weight excluding hydrogens is 516 g/mol. The molecule has 0 aromatic carbocycles. The third kappa shape index (κ3) is 5.60. The lowest BCUT2D eigenvalue weighted by Gasteiger charge is -2.38. The number of rotatable bonds is 8. The predicted octanol–water partition coefficient (Wildman–Crippen LogP) is 4.24. The van der Waals surface area contributed by atoms with Crippen LogP contribution in [-0.2, 0) is 4.74 Å². The van der Waals surface area contributed by atoms with Gasteiger partial charge in [0, 0.05) is 44.3 Å². The van der Waals surface area contributed by atoms with E-state index in [2.05, 4.69) is 20.1 Å². The first-order valence-corrected chi connectivity index (χ1v) is 14.9. The van der Waals surface area contributed by atoms with E-state index < -0.39 is 6.43 Å². The molecule has 0 spiro atoms. The smallest absolute Gasteiger partial charge is 0.296 e. The zero-order valence-electron chi connectivity index (χ0n) is 23.3. The van der Waals surface area contributed by atoms with Gasteiger partial charge in [0.25, 0.3) is 6.43 Å². The first-order chi connectivity index (χ1) is 19.5. The van der Waals surface area contributed by atoms with Gasteiger partial charge in [-0.05, 0) is 63.1 Å². The number of likely N-dealkylation sites (tertiary alicyclic amines) is 1. The third-order valence-electron chi connectivity index (χ3n) is 9.18. The van der Waals surface area contributed by atoms with Crippen LogP contribution in [0.4, 0.5) is 20.5 Å². The summed E-state index contributed by atoms with van der Waals surface area (Å²) in [7, 11) is 0. The third-order valence-corrected chi connectivity index (χ3v) is 9.18. The summed E-state index contributed by atoms with van der Waals surface area (Å²) in [6.07, 6.45) is 7.55. The van der Waals surface area contributed by atoms with Crippen molar-refractivity contribution in [2.45, 2.75) is 63.8 Å². The van der Waals surface area contributed by atoms with Crippen molar-refractivity contribution in [2.24, 2.45) is 11.8 Å². The molecular formula is C29H41F2N7O2. The van der Waals surface area contributed by atoms with Crippen molar-refractivity contribution in [3.8, 4) is 5.82 Å². The average molecular weight is 558 g/mol. The predicted molar refractivity (Wildman–Crippen MR) is 150 cm³/mol. The van der Waals surface area contributed by atoms with Gasteiger partial charge in [-0.1, -0.05) is 19.4 Å². The van der Waals surface area contributed by atoms with E-state index in [-0.39, 0.29) is 18.3 Å². The molecule has 0 bridgehead atoms. The van der Waals surface area contributed by atoms with E-state index in [1.807, 2.05) is 25.1 Å². The van der Waals surface area contributed by atoms with Crippen LogP contribution in [0.15, 0.2) is 12.1 Å². The number of ether oxygens (including phenoxy) is 1. The van der Waals surface area contributed by atoms with Crippen molar-refractivity contribution < 1.29 is 18.6 Å². The minimum absolute atomic E-state index is 0.0497. The maximum Gasteiger partial charge on any atom is 0.296 e. The van der Waals surface area contributed by atoms with E-state index in [4.69, 9.17) is 14.7 Å². The van der Waals surface area contributed by atoms with E-state index >= 15 is 0 Å². The number of hydrogen-bond donors (Lipinski definition) is 2. The number of imidazole rings is 1. The summed E-state index contributed by atoms with van der Waals surface area (Å²) in [6.45, 7) is 7.72. The molecule has 1 saturated carbocycles. The quantitative estimate of drug-likeness (QED) is 0.498. The molecule has 40 heavy (non-hydrogen) atoms. The summed E-state index contributed by atoms with van der Waals surface area (Å²) in [5, 5.41) is 13.2. The van der Waals surface area contributed by atoms with Crippen LogP contribution in [0.3, 0.4) is 0 Å². The lowest BCUT2D eigenvalue weighted by molar-refractivity contribution is 0.0853. The highest BCUT2D eigenvalue weighted by molar-refractivity contribution is 5.57. The maximum absolute atomic E-state index is 14.3. The zero-order valence-corrected chi connectivity index (χ0v) is 23.3. The Morgan fingerprint density at radius 1 is 1.05 bits per heavy atom. The molecule has 3 atom stereocenters. The van der Waals surface area contributed by atoms with Gasteiger partial charge in [-0.2, -0.15) is 9.97 Å². The van der Waals surface area contributed by atoms with Gasteiger partial charge in [-0.15, -0.1) is 0 Å². The van der Waals surface area contributed by atoms with E-state index in [0.29, 0.717) is 67.5 Å². The molecule has 4 heterocycles. The molecule has 218 valence electrons. The second kappa shape index (κ2) is 12.1. The molecule has 2 aromatic heterocycles. The molecule has 6 rings (SSSR count). The van der Waals surface area contributed by atoms with Gasteiger partial charge in [0.15, 0.2) is 5.82 Å². The maximum atomic E-state index is 14.3. The Hall–Kier alpha value is -2.63. The molecule has 2 N–H and O–H groups in total. The normalized spacial score (nSPS) is 26.0. The van der Waals surface area contributed by atoms with Gasteiger partial charge >= 0.3 is 0 Å². The van der Waals surface area contributed by atoms with E-state index in [1.165, 1.54) is 12.8 Å². The highest BCUT2D eigenvalue weighted by Crippen LogP contribution is 2.36. The second-order valence-electron chi connectivity index (χ2n) is 11.7. The lowest BCUT2D eigenvalue weighted by Crippen LogP contribution is -2.44. The number of aliphatic hydroxyl groups is 1. The summed E-state index contributed by atoms with van der Waals surface area (Å²) in [4.78, 5) is 18.6. The number of nitrogens with zero attached hydrogens (tertiary/aromatic N) is 6. The minimum Gasteiger partial charge on any atom is -0.396 e. The van der Waals surface area contributed by atoms with Crippen LogP contribution in [-0.4, -0.2) is 88.1 Å². The highest BCUT2D eigenvalue weighted by Gasteiger charge is 2.34. The van der Waals surface area contributed by atoms with E-state index in [0.717, 1.165) is 51.0 Å². The number of piperidine rings is 1. The number of allylic oxidation sites excluding steroid dienone is 1. The molecule has 9 nitrogen and oxygen atoms in total. The topological polar surface area (TPSA) is 91.6 Å². The largest absolute Gasteiger partial charge is 0.396 e. The van der Waals surface area contributed by atoms with Crippen LogP contribution in [0.25, 0.3) is 11.9 Å². The van der Waals surface area contributed by atoms with E-state index in [9.17, 15) is 13.9 Å². The number of morpholine rings is 1. The molecule has 3 fully saturated rings. The van der Waals surface area contributed by atoms with Crippen LogP contribution in [0.1, 0.15) is 75.0 Å². The Morgan fingerprint density at radius 2 is 1.82 bits per heavy atom. The Balaban J connectivity index is 1.23. The number of halogens is 2. The summed E-state index contributed by atoms with van der Waals surface area (Å²) >= 11 is 0. The first kappa shape index (κ1) is 27.5. The SMILES string of the molecule is CC1CC=Cc2nc(C(F)F)n(-c3cc(N4CCOCC4)nc(NCC4CCN(C5CCCC5CO)CC4)n3)c21. The molecule has 11 heteroatoms. The standard InChI is InChI=1S/C29H41F2N7O2/c1-19-4-2-6-22-26(19)38(28(33-22)27(30)31)25-16-24(37-12-14-40-15-13-37)34-29(35-25)32-17-20-8-10-36(11-9-20)23-7-3-5-21(23)18-39/h2,6,16,19-21,23,27,39H,3-5,7-15,17-18H2,1H3,(H,32,34,35). The summed E-state index contributed by atoms with van der Waals surface area (Å²) in [5.74, 6) is 2.26. The molecule has 2 saturated heterocycles. The van der Waals surface area contributed by atoms with E-state index in [1.54, 1.807) is 4.57 Å². The fraction of sp³-hybridized carbons (Fsp3) is 0.690.